The summed E-state index contributed by atoms with van der Waals surface area (Å²) in [5.41, 5.74) is 1.45. The molecule has 1 saturated heterocycles. The lowest BCUT2D eigenvalue weighted by molar-refractivity contribution is 0.0380. The number of morpholine rings is 1. The number of nitrogens with zero attached hydrogens (tertiary/aromatic N) is 1. The molecule has 1 unspecified atom stereocenters. The summed E-state index contributed by atoms with van der Waals surface area (Å²) in [4.78, 5) is 2.45. The van der Waals surface area contributed by atoms with Crippen molar-refractivity contribution in [3.8, 4) is 0 Å². The molecule has 1 atom stereocenters. The van der Waals surface area contributed by atoms with Gasteiger partial charge in [-0.15, -0.1) is 0 Å². The number of hydrogen-bond acceptors (Lipinski definition) is 2. The predicted octanol–water partition coefficient (Wildman–Crippen LogP) is 10.8. The van der Waals surface area contributed by atoms with Crippen LogP contribution in [0, 0.1) is 5.92 Å². The van der Waals surface area contributed by atoms with E-state index in [0.29, 0.717) is 5.92 Å². The molecule has 35 heavy (non-hydrogen) atoms. The average molecular weight is 494 g/mol. The number of benzene rings is 1. The van der Waals surface area contributed by atoms with Gasteiger partial charge < -0.3 is 4.74 Å². The van der Waals surface area contributed by atoms with Crippen LogP contribution in [0.3, 0.4) is 0 Å². The molecular formula is C33H67NO. The zero-order valence-corrected chi connectivity index (χ0v) is 24.7. The Bertz CT molecular complexity index is 456. The summed E-state index contributed by atoms with van der Waals surface area (Å²) in [5.74, 6) is 1.67. The normalized spacial score (nSPS) is 13.7. The van der Waals surface area contributed by atoms with Crippen LogP contribution < -0.4 is 0 Å². The molecule has 2 rings (SSSR count). The quantitative estimate of drug-likeness (QED) is 0.268. The van der Waals surface area contributed by atoms with Crippen molar-refractivity contribution in [2.45, 2.75) is 139 Å². The van der Waals surface area contributed by atoms with Crippen molar-refractivity contribution in [3.63, 3.8) is 0 Å². The van der Waals surface area contributed by atoms with Crippen LogP contribution in [-0.2, 0) is 4.74 Å². The Hall–Kier alpha value is -0.860. The van der Waals surface area contributed by atoms with Gasteiger partial charge in [-0.2, -0.15) is 0 Å². The van der Waals surface area contributed by atoms with E-state index in [2.05, 4.69) is 90.6 Å². The highest BCUT2D eigenvalue weighted by molar-refractivity contribution is 5.18. The van der Waals surface area contributed by atoms with Crippen LogP contribution in [-0.4, -0.2) is 37.7 Å². The molecule has 0 spiro atoms. The van der Waals surface area contributed by atoms with E-state index in [9.17, 15) is 0 Å². The van der Waals surface area contributed by atoms with E-state index in [1.807, 2.05) is 0 Å². The molecule has 0 radical (unpaired) electrons. The molecule has 0 aliphatic carbocycles. The molecule has 0 aromatic heterocycles. The Morgan fingerprint density at radius 3 is 1.63 bits per heavy atom. The Morgan fingerprint density at radius 2 is 1.23 bits per heavy atom. The molecule has 0 bridgehead atoms. The first-order valence-electron chi connectivity index (χ1n) is 14.8. The van der Waals surface area contributed by atoms with Gasteiger partial charge in [0.25, 0.3) is 0 Å². The van der Waals surface area contributed by atoms with Gasteiger partial charge in [0.1, 0.15) is 0 Å². The highest BCUT2D eigenvalue weighted by Gasteiger charge is 2.07. The second kappa shape index (κ2) is 31.2. The molecule has 1 aromatic rings. The summed E-state index contributed by atoms with van der Waals surface area (Å²) < 4.78 is 5.20. The fraction of sp³-hybridized carbons (Fsp3) is 0.818. The molecule has 0 saturated carbocycles. The van der Waals surface area contributed by atoms with E-state index >= 15 is 0 Å². The molecule has 1 aliphatic heterocycles. The van der Waals surface area contributed by atoms with Crippen molar-refractivity contribution in [3.05, 3.63) is 35.9 Å². The fourth-order valence-corrected chi connectivity index (χ4v) is 3.96. The highest BCUT2D eigenvalue weighted by atomic mass is 16.5. The SMILES string of the molecule is C.CCC(C)c1ccccc1.CCCC(C)CCC.CCCCCCC.CCCN1CCOCC1. The van der Waals surface area contributed by atoms with Gasteiger partial charge >= 0.3 is 0 Å². The zero-order valence-electron chi connectivity index (χ0n) is 24.7. The van der Waals surface area contributed by atoms with Crippen LogP contribution in [0.1, 0.15) is 145 Å². The van der Waals surface area contributed by atoms with E-state index in [1.54, 1.807) is 0 Å². The van der Waals surface area contributed by atoms with Crippen molar-refractivity contribution in [1.82, 2.24) is 4.90 Å². The maximum atomic E-state index is 5.20. The monoisotopic (exact) mass is 494 g/mol. The zero-order chi connectivity index (χ0) is 25.9. The summed E-state index contributed by atoms with van der Waals surface area (Å²) >= 11 is 0. The van der Waals surface area contributed by atoms with Crippen LogP contribution in [0.25, 0.3) is 0 Å². The molecule has 0 amide bonds. The number of rotatable bonds is 12. The number of hydrogen-bond donors (Lipinski definition) is 0. The van der Waals surface area contributed by atoms with Crippen molar-refractivity contribution in [2.24, 2.45) is 5.92 Å². The van der Waals surface area contributed by atoms with Crippen LogP contribution in [0.2, 0.25) is 0 Å². The van der Waals surface area contributed by atoms with Crippen molar-refractivity contribution >= 4 is 0 Å². The van der Waals surface area contributed by atoms with Crippen molar-refractivity contribution in [2.75, 3.05) is 32.8 Å². The molecule has 210 valence electrons. The summed E-state index contributed by atoms with van der Waals surface area (Å²) in [6, 6.07) is 10.6. The van der Waals surface area contributed by atoms with E-state index in [1.165, 1.54) is 82.7 Å². The van der Waals surface area contributed by atoms with Crippen molar-refractivity contribution < 1.29 is 4.74 Å². The predicted molar refractivity (Wildman–Crippen MR) is 163 cm³/mol. The largest absolute Gasteiger partial charge is 0.379 e. The van der Waals surface area contributed by atoms with E-state index in [-0.39, 0.29) is 7.43 Å². The Labute approximate surface area is 223 Å². The minimum Gasteiger partial charge on any atom is -0.379 e. The fourth-order valence-electron chi connectivity index (χ4n) is 3.96. The lowest BCUT2D eigenvalue weighted by Crippen LogP contribution is -2.36. The maximum Gasteiger partial charge on any atom is 0.0594 e. The lowest BCUT2D eigenvalue weighted by Gasteiger charge is -2.25. The van der Waals surface area contributed by atoms with E-state index < -0.39 is 0 Å². The van der Waals surface area contributed by atoms with Crippen LogP contribution >= 0.6 is 0 Å². The molecule has 2 heteroatoms. The number of unbranched alkanes of at least 4 members (excludes halogenated alkanes) is 4. The summed E-state index contributed by atoms with van der Waals surface area (Å²) in [7, 11) is 0. The van der Waals surface area contributed by atoms with Crippen molar-refractivity contribution in [1.29, 1.82) is 0 Å². The molecule has 2 nitrogen and oxygen atoms in total. The molecular weight excluding hydrogens is 426 g/mol. The first-order chi connectivity index (χ1) is 16.5. The Balaban J connectivity index is -0.000000390. The minimum absolute atomic E-state index is 0. The summed E-state index contributed by atoms with van der Waals surface area (Å²) in [6.45, 7) is 23.4. The van der Waals surface area contributed by atoms with Gasteiger partial charge in [-0.25, -0.2) is 0 Å². The molecule has 1 aliphatic rings. The third kappa shape index (κ3) is 27.6. The van der Waals surface area contributed by atoms with Gasteiger partial charge in [0.2, 0.25) is 0 Å². The van der Waals surface area contributed by atoms with Gasteiger partial charge in [-0.3, -0.25) is 4.90 Å². The van der Waals surface area contributed by atoms with E-state index in [4.69, 9.17) is 4.74 Å². The van der Waals surface area contributed by atoms with Gasteiger partial charge in [-0.1, -0.05) is 151 Å². The van der Waals surface area contributed by atoms with Crippen LogP contribution in [0.5, 0.6) is 0 Å². The average Bonchev–Trinajstić information content (AvgIpc) is 2.87. The Morgan fingerprint density at radius 1 is 0.714 bits per heavy atom. The lowest BCUT2D eigenvalue weighted by atomic mass is 9.99. The third-order valence-electron chi connectivity index (χ3n) is 6.39. The maximum absolute atomic E-state index is 5.20. The standard InChI is InChI=1S/C10H14.C8H18.C7H15NO.C7H16.CH4/c1-3-9(2)10-7-5-4-6-8-10;1-4-6-8(3)7-5-2;1-2-3-8-4-6-9-7-5-8;1-3-5-7-6-4-2;/h4-9H,3H2,1-2H3;8H,4-7H2,1-3H3;2-7H2,1H3;3-7H2,1-2H3;1H4. The second-order valence-electron chi connectivity index (χ2n) is 9.92. The third-order valence-corrected chi connectivity index (χ3v) is 6.39. The molecule has 0 N–H and O–H groups in total. The van der Waals surface area contributed by atoms with Gasteiger partial charge in [0.15, 0.2) is 0 Å². The van der Waals surface area contributed by atoms with Crippen LogP contribution in [0.15, 0.2) is 30.3 Å². The summed E-state index contributed by atoms with van der Waals surface area (Å²) in [5, 5.41) is 0. The minimum atomic E-state index is 0. The molecule has 1 heterocycles. The van der Waals surface area contributed by atoms with Gasteiger partial charge in [0.05, 0.1) is 13.2 Å². The topological polar surface area (TPSA) is 12.5 Å². The van der Waals surface area contributed by atoms with Gasteiger partial charge in [0, 0.05) is 13.1 Å². The smallest absolute Gasteiger partial charge is 0.0594 e. The number of ether oxygens (including phenoxy) is 1. The first-order valence-corrected chi connectivity index (χ1v) is 14.8. The Kier molecular flexibility index (Phi) is 34.4. The molecule has 1 aromatic carbocycles. The molecule has 1 fully saturated rings. The first kappa shape index (κ1) is 38.7. The van der Waals surface area contributed by atoms with Gasteiger partial charge in [-0.05, 0) is 36.8 Å². The van der Waals surface area contributed by atoms with Crippen LogP contribution in [0.4, 0.5) is 0 Å². The van der Waals surface area contributed by atoms with E-state index in [0.717, 1.165) is 32.2 Å². The highest BCUT2D eigenvalue weighted by Crippen LogP contribution is 2.16. The second-order valence-corrected chi connectivity index (χ2v) is 9.92. The summed E-state index contributed by atoms with van der Waals surface area (Å²) in [6.07, 6.45) is 15.0.